The average molecular weight is 423 g/mol. The highest BCUT2D eigenvalue weighted by Crippen LogP contribution is 2.35. The Kier molecular flexibility index (Phi) is 5.56. The van der Waals surface area contributed by atoms with Gasteiger partial charge in [-0.3, -0.25) is 4.84 Å². The number of nitrogens with zero attached hydrogens (tertiary/aromatic N) is 3. The van der Waals surface area contributed by atoms with Crippen molar-refractivity contribution in [2.45, 2.75) is 11.3 Å². The van der Waals surface area contributed by atoms with E-state index in [2.05, 4.69) is 0 Å². The molecular formula is C20H23F2N3O3S. The lowest BCUT2D eigenvalue weighted by atomic mass is 10.0. The van der Waals surface area contributed by atoms with Crippen LogP contribution in [0.2, 0.25) is 0 Å². The van der Waals surface area contributed by atoms with Crippen LogP contribution < -0.4 is 4.90 Å². The molecule has 0 unspecified atom stereocenters. The van der Waals surface area contributed by atoms with Crippen LogP contribution >= 0.6 is 0 Å². The van der Waals surface area contributed by atoms with Gasteiger partial charge in [-0.05, 0) is 29.8 Å². The number of sulfonamides is 1. The van der Waals surface area contributed by atoms with Gasteiger partial charge in [0.2, 0.25) is 10.0 Å². The first-order valence-corrected chi connectivity index (χ1v) is 11.0. The van der Waals surface area contributed by atoms with Crippen LogP contribution in [0, 0.1) is 11.6 Å². The number of para-hydroxylation sites is 1. The molecule has 0 radical (unpaired) electrons. The minimum atomic E-state index is -3.70. The minimum absolute atomic E-state index is 0.00748. The molecule has 0 aromatic heterocycles. The zero-order chi connectivity index (χ0) is 20.6. The highest BCUT2D eigenvalue weighted by molar-refractivity contribution is 7.89. The van der Waals surface area contributed by atoms with Crippen LogP contribution in [0.25, 0.3) is 0 Å². The molecule has 6 nitrogen and oxygen atoms in total. The maximum atomic E-state index is 14.0. The Hall–Kier alpha value is -2.07. The molecule has 0 amide bonds. The first kappa shape index (κ1) is 20.2. The second kappa shape index (κ2) is 7.98. The van der Waals surface area contributed by atoms with Gasteiger partial charge in [-0.2, -0.15) is 9.37 Å². The highest BCUT2D eigenvalue weighted by Gasteiger charge is 2.46. The van der Waals surface area contributed by atoms with Gasteiger partial charge in [-0.1, -0.05) is 24.3 Å². The van der Waals surface area contributed by atoms with Gasteiger partial charge >= 0.3 is 0 Å². The van der Waals surface area contributed by atoms with Gasteiger partial charge in [0.05, 0.1) is 18.3 Å². The van der Waals surface area contributed by atoms with Crippen LogP contribution in [0.5, 0.6) is 0 Å². The molecule has 4 rings (SSSR count). The van der Waals surface area contributed by atoms with Gasteiger partial charge in [0, 0.05) is 33.2 Å². The second-order valence-corrected chi connectivity index (χ2v) is 9.41. The SMILES string of the molecule is CN1OC[C@H](S(=O)(=O)N2CCN(c3ccccc3F)CC2)[C@H]1c1cccc(F)c1. The van der Waals surface area contributed by atoms with E-state index in [1.54, 1.807) is 37.4 Å². The summed E-state index contributed by atoms with van der Waals surface area (Å²) in [7, 11) is -2.04. The molecule has 0 spiro atoms. The first-order valence-electron chi connectivity index (χ1n) is 9.47. The molecule has 2 aliphatic rings. The van der Waals surface area contributed by atoms with Crippen molar-refractivity contribution >= 4 is 15.7 Å². The zero-order valence-corrected chi connectivity index (χ0v) is 16.9. The maximum Gasteiger partial charge on any atom is 0.221 e. The molecule has 2 aliphatic heterocycles. The summed E-state index contributed by atoms with van der Waals surface area (Å²) in [5.74, 6) is -0.738. The highest BCUT2D eigenvalue weighted by atomic mass is 32.2. The van der Waals surface area contributed by atoms with E-state index in [1.807, 2.05) is 4.90 Å². The molecule has 2 aromatic carbocycles. The summed E-state index contributed by atoms with van der Waals surface area (Å²) >= 11 is 0. The summed E-state index contributed by atoms with van der Waals surface area (Å²) in [6.45, 7) is 1.31. The number of halogens is 2. The summed E-state index contributed by atoms with van der Waals surface area (Å²) in [4.78, 5) is 7.35. The van der Waals surface area contributed by atoms with Crippen molar-refractivity contribution in [3.63, 3.8) is 0 Å². The Morgan fingerprint density at radius 2 is 1.72 bits per heavy atom. The summed E-state index contributed by atoms with van der Waals surface area (Å²) in [6, 6.07) is 11.8. The third-order valence-electron chi connectivity index (χ3n) is 5.55. The average Bonchev–Trinajstić information content (AvgIpc) is 3.11. The van der Waals surface area contributed by atoms with E-state index in [0.29, 0.717) is 24.3 Å². The fourth-order valence-electron chi connectivity index (χ4n) is 4.04. The van der Waals surface area contributed by atoms with Crippen LogP contribution in [-0.4, -0.2) is 62.9 Å². The number of benzene rings is 2. The van der Waals surface area contributed by atoms with Crippen molar-refractivity contribution in [1.29, 1.82) is 0 Å². The van der Waals surface area contributed by atoms with Crippen molar-refractivity contribution in [1.82, 2.24) is 9.37 Å². The van der Waals surface area contributed by atoms with Crippen LogP contribution in [0.4, 0.5) is 14.5 Å². The van der Waals surface area contributed by atoms with E-state index >= 15 is 0 Å². The Morgan fingerprint density at radius 1 is 1.00 bits per heavy atom. The normalized spacial score (nSPS) is 24.2. The summed E-state index contributed by atoms with van der Waals surface area (Å²) in [6.07, 6.45) is 0. The largest absolute Gasteiger partial charge is 0.367 e. The van der Waals surface area contributed by atoms with Gasteiger partial charge in [0.1, 0.15) is 16.9 Å². The van der Waals surface area contributed by atoms with Gasteiger partial charge in [-0.25, -0.2) is 17.2 Å². The van der Waals surface area contributed by atoms with E-state index in [0.717, 1.165) is 0 Å². The minimum Gasteiger partial charge on any atom is -0.367 e. The monoisotopic (exact) mass is 423 g/mol. The Balaban J connectivity index is 1.52. The van der Waals surface area contributed by atoms with Gasteiger partial charge in [0.15, 0.2) is 0 Å². The number of hydrogen-bond donors (Lipinski definition) is 0. The Labute approximate surface area is 169 Å². The van der Waals surface area contributed by atoms with E-state index in [9.17, 15) is 17.2 Å². The standard InChI is InChI=1S/C20H23F2N3O3S/c1-23-20(15-5-4-6-16(21)13-15)19(14-28-23)29(26,27)25-11-9-24(10-12-25)18-8-3-2-7-17(18)22/h2-8,13,19-20H,9-12,14H2,1H3/t19-,20+/m0/s1. The molecule has 29 heavy (non-hydrogen) atoms. The third-order valence-corrected chi connectivity index (χ3v) is 7.79. The molecule has 9 heteroatoms. The van der Waals surface area contributed by atoms with E-state index in [1.165, 1.54) is 27.6 Å². The van der Waals surface area contributed by atoms with Crippen LogP contribution in [0.1, 0.15) is 11.6 Å². The molecule has 156 valence electrons. The maximum absolute atomic E-state index is 14.0. The topological polar surface area (TPSA) is 53.1 Å². The predicted octanol–water partition coefficient (Wildman–Crippen LogP) is 2.40. The smallest absolute Gasteiger partial charge is 0.221 e. The molecule has 2 saturated heterocycles. The van der Waals surface area contributed by atoms with Crippen molar-refractivity contribution in [2.75, 3.05) is 44.7 Å². The molecule has 0 saturated carbocycles. The molecule has 0 bridgehead atoms. The molecule has 2 aromatic rings. The van der Waals surface area contributed by atoms with Crippen LogP contribution in [-0.2, 0) is 14.9 Å². The lowest BCUT2D eigenvalue weighted by molar-refractivity contribution is -0.110. The van der Waals surface area contributed by atoms with Crippen LogP contribution in [0.15, 0.2) is 48.5 Å². The van der Waals surface area contributed by atoms with E-state index < -0.39 is 27.1 Å². The lowest BCUT2D eigenvalue weighted by Gasteiger charge is -2.37. The number of piperazine rings is 1. The van der Waals surface area contributed by atoms with Crippen molar-refractivity contribution < 1.29 is 22.0 Å². The fraction of sp³-hybridized carbons (Fsp3) is 0.400. The number of anilines is 1. The molecule has 2 heterocycles. The molecule has 0 aliphatic carbocycles. The second-order valence-electron chi connectivity index (χ2n) is 7.26. The zero-order valence-electron chi connectivity index (χ0n) is 16.0. The van der Waals surface area contributed by atoms with E-state index in [-0.39, 0.29) is 25.5 Å². The number of rotatable bonds is 4. The summed E-state index contributed by atoms with van der Waals surface area (Å²) in [5.41, 5.74) is 1.04. The molecule has 2 fully saturated rings. The van der Waals surface area contributed by atoms with Crippen molar-refractivity contribution in [2.24, 2.45) is 0 Å². The Bertz CT molecular complexity index is 980. The van der Waals surface area contributed by atoms with E-state index in [4.69, 9.17) is 4.84 Å². The van der Waals surface area contributed by atoms with Crippen molar-refractivity contribution in [3.05, 3.63) is 65.7 Å². The van der Waals surface area contributed by atoms with Gasteiger partial charge in [-0.15, -0.1) is 0 Å². The van der Waals surface area contributed by atoms with Crippen molar-refractivity contribution in [3.8, 4) is 0 Å². The molecule has 2 atom stereocenters. The molecule has 0 N–H and O–H groups in total. The third kappa shape index (κ3) is 3.87. The summed E-state index contributed by atoms with van der Waals surface area (Å²) in [5, 5.41) is 0.640. The number of hydrogen-bond acceptors (Lipinski definition) is 5. The quantitative estimate of drug-likeness (QED) is 0.756. The Morgan fingerprint density at radius 3 is 2.41 bits per heavy atom. The summed E-state index contributed by atoms with van der Waals surface area (Å²) < 4.78 is 55.9. The van der Waals surface area contributed by atoms with Gasteiger partial charge in [0.25, 0.3) is 0 Å². The number of hydroxylamine groups is 2. The molecular weight excluding hydrogens is 400 g/mol. The first-order chi connectivity index (χ1) is 13.9. The van der Waals surface area contributed by atoms with Crippen LogP contribution in [0.3, 0.4) is 0 Å². The predicted molar refractivity (Wildman–Crippen MR) is 106 cm³/mol. The lowest BCUT2D eigenvalue weighted by Crippen LogP contribution is -2.52. The van der Waals surface area contributed by atoms with Gasteiger partial charge < -0.3 is 4.90 Å². The fourth-order valence-corrected chi connectivity index (χ4v) is 5.99.